The first-order valence-electron chi connectivity index (χ1n) is 5.68. The summed E-state index contributed by atoms with van der Waals surface area (Å²) in [5.41, 5.74) is 2.02. The van der Waals surface area contributed by atoms with Crippen LogP contribution in [0, 0.1) is 5.92 Å². The number of hydrogen-bond acceptors (Lipinski definition) is 3. The highest BCUT2D eigenvalue weighted by molar-refractivity contribution is 6.00. The van der Waals surface area contributed by atoms with Gasteiger partial charge in [-0.1, -0.05) is 31.1 Å². The van der Waals surface area contributed by atoms with Gasteiger partial charge >= 0.3 is 0 Å². The van der Waals surface area contributed by atoms with Crippen LogP contribution < -0.4 is 5.32 Å². The Bertz CT molecular complexity index is 427. The van der Waals surface area contributed by atoms with E-state index in [1.54, 1.807) is 13.0 Å². The van der Waals surface area contributed by atoms with Gasteiger partial charge in [-0.05, 0) is 25.5 Å². The number of rotatable bonds is 4. The number of nitrogens with one attached hydrogen (secondary N) is 1. The van der Waals surface area contributed by atoms with Gasteiger partial charge in [-0.15, -0.1) is 0 Å². The van der Waals surface area contributed by atoms with E-state index in [0.29, 0.717) is 5.71 Å². The zero-order chi connectivity index (χ0) is 12.8. The van der Waals surface area contributed by atoms with E-state index >= 15 is 0 Å². The molecule has 4 nitrogen and oxygen atoms in total. The van der Waals surface area contributed by atoms with E-state index in [-0.39, 0.29) is 11.8 Å². The first-order valence-corrected chi connectivity index (χ1v) is 5.68. The minimum absolute atomic E-state index is 0.00300. The van der Waals surface area contributed by atoms with Crippen LogP contribution in [0.1, 0.15) is 32.8 Å². The molecule has 0 saturated carbocycles. The molecule has 0 aliphatic heterocycles. The second kappa shape index (κ2) is 6.03. The van der Waals surface area contributed by atoms with Crippen molar-refractivity contribution < 1.29 is 10.0 Å². The lowest BCUT2D eigenvalue weighted by Gasteiger charge is -2.10. The fourth-order valence-electron chi connectivity index (χ4n) is 1.33. The van der Waals surface area contributed by atoms with Gasteiger partial charge in [0.2, 0.25) is 5.91 Å². The van der Waals surface area contributed by atoms with Crippen molar-refractivity contribution in [2.75, 3.05) is 5.32 Å². The van der Waals surface area contributed by atoms with Crippen LogP contribution in [0.3, 0.4) is 0 Å². The van der Waals surface area contributed by atoms with Gasteiger partial charge in [0.05, 0.1) is 5.71 Å². The lowest BCUT2D eigenvalue weighted by molar-refractivity contribution is -0.119. The fraction of sp³-hybridized carbons (Fsp3) is 0.385. The molecule has 17 heavy (non-hydrogen) atoms. The Labute approximate surface area is 101 Å². The molecule has 0 radical (unpaired) electrons. The molecule has 92 valence electrons. The van der Waals surface area contributed by atoms with Gasteiger partial charge in [-0.2, -0.15) is 0 Å². The zero-order valence-electron chi connectivity index (χ0n) is 10.4. The molecule has 1 aromatic rings. The maximum absolute atomic E-state index is 11.7. The maximum Gasteiger partial charge on any atom is 0.227 e. The molecule has 1 rings (SSSR count). The summed E-state index contributed by atoms with van der Waals surface area (Å²) in [4.78, 5) is 11.7. The third kappa shape index (κ3) is 3.59. The van der Waals surface area contributed by atoms with Crippen LogP contribution >= 0.6 is 0 Å². The molecule has 0 aromatic heterocycles. The number of oxime groups is 1. The largest absolute Gasteiger partial charge is 0.411 e. The Morgan fingerprint density at radius 2 is 2.24 bits per heavy atom. The molecule has 0 fully saturated rings. The number of nitrogens with zero attached hydrogens (tertiary/aromatic N) is 1. The Balaban J connectivity index is 2.83. The summed E-state index contributed by atoms with van der Waals surface area (Å²) >= 11 is 0. The molecule has 0 saturated heterocycles. The number of anilines is 1. The van der Waals surface area contributed by atoms with Crippen molar-refractivity contribution in [1.82, 2.24) is 0 Å². The first kappa shape index (κ1) is 13.2. The Kier molecular flexibility index (Phi) is 4.69. The minimum atomic E-state index is -0.00809. The summed E-state index contributed by atoms with van der Waals surface area (Å²) in [5.74, 6) is -0.00509. The van der Waals surface area contributed by atoms with Crippen molar-refractivity contribution in [3.63, 3.8) is 0 Å². The maximum atomic E-state index is 11.7. The van der Waals surface area contributed by atoms with E-state index in [4.69, 9.17) is 5.21 Å². The molecule has 0 heterocycles. The normalized spacial score (nSPS) is 13.2. The molecule has 1 atom stereocenters. The van der Waals surface area contributed by atoms with Crippen molar-refractivity contribution in [2.45, 2.75) is 27.2 Å². The SMILES string of the molecule is CCC(C)C(=O)Nc1cccc(/C(C)=N/O)c1. The summed E-state index contributed by atoms with van der Waals surface area (Å²) in [5, 5.41) is 14.7. The highest BCUT2D eigenvalue weighted by Crippen LogP contribution is 2.13. The summed E-state index contributed by atoms with van der Waals surface area (Å²) in [7, 11) is 0. The van der Waals surface area contributed by atoms with E-state index in [0.717, 1.165) is 17.7 Å². The molecular formula is C13H18N2O2. The van der Waals surface area contributed by atoms with Crippen LogP contribution in [0.4, 0.5) is 5.69 Å². The van der Waals surface area contributed by atoms with Crippen molar-refractivity contribution >= 4 is 17.3 Å². The number of benzene rings is 1. The molecule has 2 N–H and O–H groups in total. The molecule has 4 heteroatoms. The molecule has 1 amide bonds. The average Bonchev–Trinajstić information content (AvgIpc) is 2.37. The third-order valence-corrected chi connectivity index (χ3v) is 2.76. The smallest absolute Gasteiger partial charge is 0.227 e. The van der Waals surface area contributed by atoms with Gasteiger partial charge in [0.15, 0.2) is 0 Å². The van der Waals surface area contributed by atoms with Gasteiger partial charge in [0, 0.05) is 17.2 Å². The predicted molar refractivity (Wildman–Crippen MR) is 68.5 cm³/mol. The summed E-state index contributed by atoms with van der Waals surface area (Å²) in [6, 6.07) is 7.24. The Morgan fingerprint density at radius 1 is 1.53 bits per heavy atom. The standard InChI is InChI=1S/C13H18N2O2/c1-4-9(2)13(16)14-12-7-5-6-11(8-12)10(3)15-17/h5-9,17H,4H2,1-3H3,(H,14,16)/b15-10+. The molecule has 1 aromatic carbocycles. The number of hydrogen-bond donors (Lipinski definition) is 2. The quantitative estimate of drug-likeness (QED) is 0.478. The van der Waals surface area contributed by atoms with Gasteiger partial charge in [-0.3, -0.25) is 4.79 Å². The Morgan fingerprint density at radius 3 is 2.82 bits per heavy atom. The summed E-state index contributed by atoms with van der Waals surface area (Å²) in [6.07, 6.45) is 0.808. The predicted octanol–water partition coefficient (Wildman–Crippen LogP) is 2.87. The second-order valence-electron chi connectivity index (χ2n) is 4.06. The number of carbonyl (C=O) groups excluding carboxylic acids is 1. The average molecular weight is 234 g/mol. The molecular weight excluding hydrogens is 216 g/mol. The number of amides is 1. The van der Waals surface area contributed by atoms with Crippen LogP contribution in [-0.4, -0.2) is 16.8 Å². The molecule has 0 bridgehead atoms. The monoisotopic (exact) mass is 234 g/mol. The van der Waals surface area contributed by atoms with E-state index in [2.05, 4.69) is 10.5 Å². The molecule has 0 spiro atoms. The van der Waals surface area contributed by atoms with Crippen LogP contribution in [0.5, 0.6) is 0 Å². The van der Waals surface area contributed by atoms with Crippen molar-refractivity contribution in [1.29, 1.82) is 0 Å². The first-order chi connectivity index (χ1) is 8.08. The topological polar surface area (TPSA) is 61.7 Å². The van der Waals surface area contributed by atoms with Gasteiger partial charge in [0.1, 0.15) is 0 Å². The van der Waals surface area contributed by atoms with Crippen LogP contribution in [-0.2, 0) is 4.79 Å². The van der Waals surface area contributed by atoms with Crippen molar-refractivity contribution in [3.8, 4) is 0 Å². The van der Waals surface area contributed by atoms with E-state index < -0.39 is 0 Å². The molecule has 1 unspecified atom stereocenters. The highest BCUT2D eigenvalue weighted by Gasteiger charge is 2.10. The van der Waals surface area contributed by atoms with Crippen molar-refractivity contribution in [2.24, 2.45) is 11.1 Å². The van der Waals surface area contributed by atoms with E-state index in [1.807, 2.05) is 32.0 Å². The Hall–Kier alpha value is -1.84. The van der Waals surface area contributed by atoms with Gasteiger partial charge < -0.3 is 10.5 Å². The molecule has 0 aliphatic rings. The minimum Gasteiger partial charge on any atom is -0.411 e. The van der Waals surface area contributed by atoms with Gasteiger partial charge in [0.25, 0.3) is 0 Å². The fourth-order valence-corrected chi connectivity index (χ4v) is 1.33. The lowest BCUT2D eigenvalue weighted by Crippen LogP contribution is -2.19. The summed E-state index contributed by atoms with van der Waals surface area (Å²) in [6.45, 7) is 5.57. The highest BCUT2D eigenvalue weighted by atomic mass is 16.4. The van der Waals surface area contributed by atoms with Crippen LogP contribution in [0.15, 0.2) is 29.4 Å². The summed E-state index contributed by atoms with van der Waals surface area (Å²) < 4.78 is 0. The second-order valence-corrected chi connectivity index (χ2v) is 4.06. The lowest BCUT2D eigenvalue weighted by atomic mass is 10.1. The van der Waals surface area contributed by atoms with E-state index in [1.165, 1.54) is 0 Å². The zero-order valence-corrected chi connectivity index (χ0v) is 10.4. The van der Waals surface area contributed by atoms with Crippen LogP contribution in [0.25, 0.3) is 0 Å². The number of carbonyl (C=O) groups is 1. The molecule has 0 aliphatic carbocycles. The van der Waals surface area contributed by atoms with Gasteiger partial charge in [-0.25, -0.2) is 0 Å². The third-order valence-electron chi connectivity index (χ3n) is 2.76. The van der Waals surface area contributed by atoms with E-state index in [9.17, 15) is 4.79 Å². The van der Waals surface area contributed by atoms with Crippen LogP contribution in [0.2, 0.25) is 0 Å². The van der Waals surface area contributed by atoms with Crippen molar-refractivity contribution in [3.05, 3.63) is 29.8 Å².